The van der Waals surface area contributed by atoms with Crippen molar-refractivity contribution in [3.63, 3.8) is 0 Å². The van der Waals surface area contributed by atoms with Gasteiger partial charge < -0.3 is 34.1 Å². The first-order valence-electron chi connectivity index (χ1n) is 11.7. The molecule has 0 aromatic heterocycles. The Bertz CT molecular complexity index is 949. The van der Waals surface area contributed by atoms with Gasteiger partial charge in [0, 0.05) is 24.1 Å². The molecule has 0 aliphatic rings. The van der Waals surface area contributed by atoms with Crippen molar-refractivity contribution in [2.75, 3.05) is 41.6 Å². The van der Waals surface area contributed by atoms with E-state index in [0.717, 1.165) is 12.0 Å². The molecular formula is C27H39NO7. The molecular weight excluding hydrogens is 450 g/mol. The summed E-state index contributed by atoms with van der Waals surface area (Å²) in [7, 11) is 6.12. The average molecular weight is 490 g/mol. The normalized spacial score (nSPS) is 12.1. The highest BCUT2D eigenvalue weighted by atomic mass is 16.5. The first-order chi connectivity index (χ1) is 16.7. The van der Waals surface area contributed by atoms with Crippen LogP contribution in [0.15, 0.2) is 30.3 Å². The van der Waals surface area contributed by atoms with Gasteiger partial charge in [-0.3, -0.25) is 4.79 Å². The van der Waals surface area contributed by atoms with E-state index in [2.05, 4.69) is 26.1 Å². The predicted octanol–water partition coefficient (Wildman–Crippen LogP) is 4.05. The van der Waals surface area contributed by atoms with E-state index in [1.54, 1.807) is 25.3 Å². The Balaban J connectivity index is 2.05. The van der Waals surface area contributed by atoms with Crippen LogP contribution in [0.3, 0.4) is 0 Å². The second-order valence-electron chi connectivity index (χ2n) is 8.91. The molecule has 8 nitrogen and oxygen atoms in total. The van der Waals surface area contributed by atoms with Crippen molar-refractivity contribution in [2.45, 2.75) is 51.7 Å². The minimum Gasteiger partial charge on any atom is -0.493 e. The van der Waals surface area contributed by atoms with E-state index in [-0.39, 0.29) is 24.3 Å². The zero-order valence-corrected chi connectivity index (χ0v) is 21.9. The Labute approximate surface area is 208 Å². The number of rotatable bonds is 15. The fourth-order valence-electron chi connectivity index (χ4n) is 3.40. The molecule has 8 heteroatoms. The molecule has 1 atom stereocenters. The van der Waals surface area contributed by atoms with E-state index in [4.69, 9.17) is 23.7 Å². The number of ketones is 1. The molecule has 194 valence electrons. The van der Waals surface area contributed by atoms with Crippen LogP contribution in [0.25, 0.3) is 0 Å². The minimum atomic E-state index is -0.671. The van der Waals surface area contributed by atoms with Gasteiger partial charge >= 0.3 is 0 Å². The largest absolute Gasteiger partial charge is 0.493 e. The number of aryl methyl sites for hydroxylation is 1. The monoisotopic (exact) mass is 489 g/mol. The van der Waals surface area contributed by atoms with Crippen molar-refractivity contribution in [3.8, 4) is 28.7 Å². The zero-order valence-electron chi connectivity index (χ0n) is 21.9. The number of hydrogen-bond donors (Lipinski definition) is 2. The van der Waals surface area contributed by atoms with Gasteiger partial charge in [-0.2, -0.15) is 0 Å². The quantitative estimate of drug-likeness (QED) is 0.362. The smallest absolute Gasteiger partial charge is 0.203 e. The number of carbonyl (C=O) groups excluding carboxylic acids is 1. The number of nitrogens with one attached hydrogen (secondary N) is 1. The number of carbonyl (C=O) groups is 1. The zero-order chi connectivity index (χ0) is 26.0. The Morgan fingerprint density at radius 3 is 2.11 bits per heavy atom. The number of benzene rings is 2. The summed E-state index contributed by atoms with van der Waals surface area (Å²) in [5.41, 5.74) is 1.35. The number of aliphatic hydroxyl groups excluding tert-OH is 1. The Morgan fingerprint density at radius 2 is 1.57 bits per heavy atom. The van der Waals surface area contributed by atoms with Crippen molar-refractivity contribution in [2.24, 2.45) is 0 Å². The van der Waals surface area contributed by atoms with Crippen LogP contribution >= 0.6 is 0 Å². The predicted molar refractivity (Wildman–Crippen MR) is 136 cm³/mol. The van der Waals surface area contributed by atoms with Crippen LogP contribution in [0.4, 0.5) is 0 Å². The van der Waals surface area contributed by atoms with Gasteiger partial charge in [0.2, 0.25) is 5.75 Å². The van der Waals surface area contributed by atoms with Crippen LogP contribution in [0.5, 0.6) is 28.7 Å². The highest BCUT2D eigenvalue weighted by molar-refractivity contribution is 5.97. The fraction of sp³-hybridized carbons (Fsp3) is 0.519. The first-order valence-corrected chi connectivity index (χ1v) is 11.7. The standard InChI is InChI=1S/C27H39NO7/c1-8-27(2,3)28-16-20(29)17-35-23-13-18(10-12-22(23)31-4)9-11-21(30)19-14-24(32-5)26(34-7)25(15-19)33-6/h10,12-15,20,28-29H,8-9,11,16-17H2,1-7H3. The molecule has 2 N–H and O–H groups in total. The van der Waals surface area contributed by atoms with Crippen molar-refractivity contribution < 1.29 is 33.6 Å². The number of hydrogen-bond acceptors (Lipinski definition) is 8. The van der Waals surface area contributed by atoms with E-state index in [9.17, 15) is 9.90 Å². The van der Waals surface area contributed by atoms with Crippen LogP contribution in [0, 0.1) is 0 Å². The second-order valence-corrected chi connectivity index (χ2v) is 8.91. The topological polar surface area (TPSA) is 95.5 Å². The number of aliphatic hydroxyl groups is 1. The molecule has 0 amide bonds. The van der Waals surface area contributed by atoms with Crippen molar-refractivity contribution in [1.82, 2.24) is 5.32 Å². The van der Waals surface area contributed by atoms with Gasteiger partial charge in [0.15, 0.2) is 28.8 Å². The summed E-state index contributed by atoms with van der Waals surface area (Å²) < 4.78 is 27.3. The summed E-state index contributed by atoms with van der Waals surface area (Å²) in [6.45, 7) is 6.82. The summed E-state index contributed by atoms with van der Waals surface area (Å²) in [5.74, 6) is 2.36. The Kier molecular flexibility index (Phi) is 10.7. The minimum absolute atomic E-state index is 0.0525. The molecule has 0 bridgehead atoms. The van der Waals surface area contributed by atoms with Gasteiger partial charge in [0.1, 0.15) is 12.7 Å². The van der Waals surface area contributed by atoms with Gasteiger partial charge in [-0.25, -0.2) is 0 Å². The van der Waals surface area contributed by atoms with E-state index in [0.29, 0.717) is 47.3 Å². The lowest BCUT2D eigenvalue weighted by molar-refractivity contribution is 0.0969. The lowest BCUT2D eigenvalue weighted by Gasteiger charge is -2.26. The molecule has 35 heavy (non-hydrogen) atoms. The van der Waals surface area contributed by atoms with Gasteiger partial charge in [-0.15, -0.1) is 0 Å². The number of ether oxygens (including phenoxy) is 5. The van der Waals surface area contributed by atoms with Gasteiger partial charge in [-0.1, -0.05) is 13.0 Å². The summed E-state index contributed by atoms with van der Waals surface area (Å²) in [6.07, 6.45) is 1.06. The molecule has 0 fully saturated rings. The van der Waals surface area contributed by atoms with Crippen LogP contribution < -0.4 is 29.0 Å². The van der Waals surface area contributed by atoms with E-state index < -0.39 is 6.10 Å². The number of methoxy groups -OCH3 is 4. The molecule has 0 heterocycles. The maximum atomic E-state index is 12.9. The molecule has 0 radical (unpaired) electrons. The lowest BCUT2D eigenvalue weighted by Crippen LogP contribution is -2.44. The van der Waals surface area contributed by atoms with Crippen molar-refractivity contribution in [1.29, 1.82) is 0 Å². The summed E-state index contributed by atoms with van der Waals surface area (Å²) in [6, 6.07) is 8.86. The van der Waals surface area contributed by atoms with E-state index in [1.165, 1.54) is 21.3 Å². The summed E-state index contributed by atoms with van der Waals surface area (Å²) >= 11 is 0. The van der Waals surface area contributed by atoms with Crippen LogP contribution in [-0.2, 0) is 6.42 Å². The SMILES string of the molecule is CCC(C)(C)NCC(O)COc1cc(CCC(=O)c2cc(OC)c(OC)c(OC)c2)ccc1OC. The highest BCUT2D eigenvalue weighted by Crippen LogP contribution is 2.38. The molecule has 2 aromatic carbocycles. The summed E-state index contributed by atoms with van der Waals surface area (Å²) in [4.78, 5) is 12.9. The maximum Gasteiger partial charge on any atom is 0.203 e. The van der Waals surface area contributed by atoms with Crippen molar-refractivity contribution >= 4 is 5.78 Å². The first kappa shape index (κ1) is 28.3. The molecule has 0 saturated heterocycles. The number of Topliss-reactive ketones (excluding diaryl/α,β-unsaturated/α-hetero) is 1. The lowest BCUT2D eigenvalue weighted by atomic mass is 10.0. The van der Waals surface area contributed by atoms with Crippen LogP contribution in [0.1, 0.15) is 49.5 Å². The molecule has 1 unspecified atom stereocenters. The van der Waals surface area contributed by atoms with Crippen molar-refractivity contribution in [3.05, 3.63) is 41.5 Å². The van der Waals surface area contributed by atoms with E-state index in [1.807, 2.05) is 12.1 Å². The van der Waals surface area contributed by atoms with Crippen LogP contribution in [0.2, 0.25) is 0 Å². The Hall–Kier alpha value is -2.97. The molecule has 0 aliphatic heterocycles. The van der Waals surface area contributed by atoms with Crippen LogP contribution in [-0.4, -0.2) is 64.1 Å². The van der Waals surface area contributed by atoms with Gasteiger partial charge in [0.25, 0.3) is 0 Å². The molecule has 2 aromatic rings. The average Bonchev–Trinajstić information content (AvgIpc) is 2.88. The second kappa shape index (κ2) is 13.2. The molecule has 0 aliphatic carbocycles. The number of β-amino-alcohol motifs (C(OH)–C–C–N with tert-alkyl or cyclic N) is 1. The van der Waals surface area contributed by atoms with Gasteiger partial charge in [0.05, 0.1) is 28.4 Å². The van der Waals surface area contributed by atoms with Gasteiger partial charge in [-0.05, 0) is 56.5 Å². The molecule has 0 saturated carbocycles. The third-order valence-corrected chi connectivity index (χ3v) is 5.99. The van der Waals surface area contributed by atoms with E-state index >= 15 is 0 Å². The third-order valence-electron chi connectivity index (χ3n) is 5.99. The fourth-order valence-corrected chi connectivity index (χ4v) is 3.40. The molecule has 0 spiro atoms. The third kappa shape index (κ3) is 8.04. The molecule has 2 rings (SSSR count). The maximum absolute atomic E-state index is 12.9. The summed E-state index contributed by atoms with van der Waals surface area (Å²) in [5, 5.41) is 13.7. The Morgan fingerprint density at radius 1 is 0.943 bits per heavy atom. The highest BCUT2D eigenvalue weighted by Gasteiger charge is 2.18.